The fourth-order valence-electron chi connectivity index (χ4n) is 1.57. The van der Waals surface area contributed by atoms with Crippen LogP contribution in [0.1, 0.15) is 24.4 Å². The van der Waals surface area contributed by atoms with E-state index in [-0.39, 0.29) is 6.04 Å². The van der Waals surface area contributed by atoms with Crippen molar-refractivity contribution < 1.29 is 4.79 Å². The Labute approximate surface area is 77.2 Å². The normalized spacial score (nSPS) is 17.8. The lowest BCUT2D eigenvalue weighted by atomic mass is 10.1. The van der Waals surface area contributed by atoms with Crippen LogP contribution < -0.4 is 5.32 Å². The third kappa shape index (κ3) is 1.86. The fourth-order valence-corrected chi connectivity index (χ4v) is 1.57. The van der Waals surface area contributed by atoms with Crippen molar-refractivity contribution in [2.45, 2.75) is 18.9 Å². The Morgan fingerprint density at radius 2 is 2.46 bits per heavy atom. The molecule has 1 aromatic rings. The molecule has 0 saturated heterocycles. The van der Waals surface area contributed by atoms with E-state index < -0.39 is 0 Å². The first-order chi connectivity index (χ1) is 6.42. The van der Waals surface area contributed by atoms with Gasteiger partial charge in [-0.2, -0.15) is 0 Å². The molecule has 3 nitrogen and oxygen atoms in total. The van der Waals surface area contributed by atoms with Crippen LogP contribution in [0.3, 0.4) is 0 Å². The van der Waals surface area contributed by atoms with Gasteiger partial charge in [0.1, 0.15) is 0 Å². The molecule has 1 saturated carbocycles. The molecule has 1 N–H and O–H groups in total. The predicted octanol–water partition coefficient (Wildman–Crippen LogP) is 1.28. The highest BCUT2D eigenvalue weighted by Gasteiger charge is 2.31. The molecule has 1 aliphatic rings. The standard InChI is InChI=1S/C10H12N2O/c13-7-12-10(8-3-4-8)9-2-1-5-11-6-9/h1-2,5-8,10H,3-4H2,(H,12,13). The number of nitrogens with zero attached hydrogens (tertiary/aromatic N) is 1. The molecule has 13 heavy (non-hydrogen) atoms. The summed E-state index contributed by atoms with van der Waals surface area (Å²) in [5.41, 5.74) is 1.11. The number of aromatic nitrogens is 1. The zero-order valence-corrected chi connectivity index (χ0v) is 7.31. The average molecular weight is 176 g/mol. The second-order valence-corrected chi connectivity index (χ2v) is 3.39. The van der Waals surface area contributed by atoms with Gasteiger partial charge < -0.3 is 5.32 Å². The number of nitrogens with one attached hydrogen (secondary N) is 1. The number of carbonyl (C=O) groups excluding carboxylic acids is 1. The summed E-state index contributed by atoms with van der Waals surface area (Å²) in [5.74, 6) is 0.620. The second kappa shape index (κ2) is 3.56. The Hall–Kier alpha value is -1.38. The monoisotopic (exact) mass is 176 g/mol. The largest absolute Gasteiger partial charge is 0.352 e. The first-order valence-electron chi connectivity index (χ1n) is 4.51. The highest BCUT2D eigenvalue weighted by molar-refractivity contribution is 5.48. The van der Waals surface area contributed by atoms with Crippen molar-refractivity contribution in [1.82, 2.24) is 10.3 Å². The molecule has 0 aromatic carbocycles. The molecule has 68 valence electrons. The Kier molecular flexibility index (Phi) is 2.25. The summed E-state index contributed by atoms with van der Waals surface area (Å²) in [5, 5.41) is 2.84. The van der Waals surface area contributed by atoms with Crippen LogP contribution in [0.15, 0.2) is 24.5 Å². The lowest BCUT2D eigenvalue weighted by Gasteiger charge is -2.14. The maximum absolute atomic E-state index is 10.4. The van der Waals surface area contributed by atoms with Crippen LogP contribution in [0, 0.1) is 5.92 Å². The van der Waals surface area contributed by atoms with E-state index in [9.17, 15) is 4.79 Å². The first kappa shape index (κ1) is 8.23. The van der Waals surface area contributed by atoms with Gasteiger partial charge in [-0.1, -0.05) is 6.07 Å². The number of amides is 1. The van der Waals surface area contributed by atoms with E-state index in [1.165, 1.54) is 12.8 Å². The summed E-state index contributed by atoms with van der Waals surface area (Å²) in [7, 11) is 0. The van der Waals surface area contributed by atoms with E-state index in [1.807, 2.05) is 18.3 Å². The average Bonchev–Trinajstić information content (AvgIpc) is 2.99. The number of rotatable bonds is 4. The summed E-state index contributed by atoms with van der Waals surface area (Å²) < 4.78 is 0. The SMILES string of the molecule is O=CNC(c1cccnc1)C1CC1. The van der Waals surface area contributed by atoms with E-state index in [1.54, 1.807) is 6.20 Å². The molecule has 2 rings (SSSR count). The van der Waals surface area contributed by atoms with Gasteiger partial charge in [0.05, 0.1) is 6.04 Å². The summed E-state index contributed by atoms with van der Waals surface area (Å²) >= 11 is 0. The van der Waals surface area contributed by atoms with Crippen LogP contribution in [-0.4, -0.2) is 11.4 Å². The van der Waals surface area contributed by atoms with E-state index in [0.717, 1.165) is 12.0 Å². The molecule has 0 bridgehead atoms. The maximum Gasteiger partial charge on any atom is 0.207 e. The molecular formula is C10H12N2O. The van der Waals surface area contributed by atoms with Gasteiger partial charge in [-0.15, -0.1) is 0 Å². The minimum absolute atomic E-state index is 0.172. The van der Waals surface area contributed by atoms with Crippen molar-refractivity contribution in [2.75, 3.05) is 0 Å². The van der Waals surface area contributed by atoms with Crippen LogP contribution in [0.2, 0.25) is 0 Å². The predicted molar refractivity (Wildman–Crippen MR) is 48.9 cm³/mol. The summed E-state index contributed by atoms with van der Waals surface area (Å²) in [6.07, 6.45) is 6.75. The van der Waals surface area contributed by atoms with Gasteiger partial charge in [0.25, 0.3) is 0 Å². The Balaban J connectivity index is 2.14. The molecule has 1 atom stereocenters. The van der Waals surface area contributed by atoms with E-state index >= 15 is 0 Å². The molecular weight excluding hydrogens is 164 g/mol. The molecule has 1 fully saturated rings. The zero-order chi connectivity index (χ0) is 9.10. The number of carbonyl (C=O) groups is 1. The number of hydrogen-bond acceptors (Lipinski definition) is 2. The number of hydrogen-bond donors (Lipinski definition) is 1. The Morgan fingerprint density at radius 1 is 1.62 bits per heavy atom. The molecule has 0 radical (unpaired) electrons. The van der Waals surface area contributed by atoms with Gasteiger partial charge in [-0.25, -0.2) is 0 Å². The summed E-state index contributed by atoms with van der Waals surface area (Å²) in [6, 6.07) is 4.08. The molecule has 0 aliphatic heterocycles. The second-order valence-electron chi connectivity index (χ2n) is 3.39. The first-order valence-corrected chi connectivity index (χ1v) is 4.51. The summed E-state index contributed by atoms with van der Waals surface area (Å²) in [4.78, 5) is 14.4. The minimum atomic E-state index is 0.172. The van der Waals surface area contributed by atoms with Crippen LogP contribution in [-0.2, 0) is 4.79 Å². The van der Waals surface area contributed by atoms with Crippen molar-refractivity contribution in [2.24, 2.45) is 5.92 Å². The van der Waals surface area contributed by atoms with Gasteiger partial charge in [-0.3, -0.25) is 9.78 Å². The van der Waals surface area contributed by atoms with Gasteiger partial charge in [0.2, 0.25) is 6.41 Å². The third-order valence-corrected chi connectivity index (χ3v) is 2.38. The van der Waals surface area contributed by atoms with Gasteiger partial charge in [0, 0.05) is 12.4 Å². The van der Waals surface area contributed by atoms with Crippen molar-refractivity contribution in [1.29, 1.82) is 0 Å². The molecule has 1 unspecified atom stereocenters. The Morgan fingerprint density at radius 3 is 3.00 bits per heavy atom. The van der Waals surface area contributed by atoms with E-state index in [0.29, 0.717) is 5.92 Å². The molecule has 1 amide bonds. The third-order valence-electron chi connectivity index (χ3n) is 2.38. The van der Waals surface area contributed by atoms with Gasteiger partial charge in [-0.05, 0) is 30.4 Å². The van der Waals surface area contributed by atoms with Crippen molar-refractivity contribution in [3.8, 4) is 0 Å². The highest BCUT2D eigenvalue weighted by atomic mass is 16.1. The maximum atomic E-state index is 10.4. The van der Waals surface area contributed by atoms with Crippen molar-refractivity contribution in [3.63, 3.8) is 0 Å². The molecule has 0 spiro atoms. The van der Waals surface area contributed by atoms with Gasteiger partial charge in [0.15, 0.2) is 0 Å². The Bertz CT molecular complexity index is 282. The van der Waals surface area contributed by atoms with Gasteiger partial charge >= 0.3 is 0 Å². The van der Waals surface area contributed by atoms with Crippen molar-refractivity contribution >= 4 is 6.41 Å². The van der Waals surface area contributed by atoms with Crippen LogP contribution in [0.4, 0.5) is 0 Å². The molecule has 1 aliphatic carbocycles. The smallest absolute Gasteiger partial charge is 0.207 e. The topological polar surface area (TPSA) is 42.0 Å². The fraction of sp³-hybridized carbons (Fsp3) is 0.400. The molecule has 1 aromatic heterocycles. The lowest BCUT2D eigenvalue weighted by molar-refractivity contribution is -0.110. The van der Waals surface area contributed by atoms with Crippen molar-refractivity contribution in [3.05, 3.63) is 30.1 Å². The van der Waals surface area contributed by atoms with Crippen LogP contribution in [0.5, 0.6) is 0 Å². The number of pyridine rings is 1. The molecule has 1 heterocycles. The van der Waals surface area contributed by atoms with E-state index in [2.05, 4.69) is 10.3 Å². The van der Waals surface area contributed by atoms with E-state index in [4.69, 9.17) is 0 Å². The highest BCUT2D eigenvalue weighted by Crippen LogP contribution is 2.40. The van der Waals surface area contributed by atoms with Crippen LogP contribution >= 0.6 is 0 Å². The lowest BCUT2D eigenvalue weighted by Crippen LogP contribution is -2.21. The minimum Gasteiger partial charge on any atom is -0.352 e. The van der Waals surface area contributed by atoms with Crippen LogP contribution in [0.25, 0.3) is 0 Å². The summed E-state index contributed by atoms with van der Waals surface area (Å²) in [6.45, 7) is 0. The molecule has 3 heteroatoms. The zero-order valence-electron chi connectivity index (χ0n) is 7.31. The quantitative estimate of drug-likeness (QED) is 0.702.